The number of hydrogen-bond donors (Lipinski definition) is 1. The van der Waals surface area contributed by atoms with E-state index in [1.54, 1.807) is 0 Å². The van der Waals surface area contributed by atoms with Crippen LogP contribution in [0.3, 0.4) is 0 Å². The normalized spacial score (nSPS) is 14.0. The van der Waals surface area contributed by atoms with Gasteiger partial charge < -0.3 is 0 Å². The smallest absolute Gasteiger partial charge is 0.269 e. The largest absolute Gasteiger partial charge is 0.298 e. The van der Waals surface area contributed by atoms with Crippen LogP contribution in [0.2, 0.25) is 0 Å². The van der Waals surface area contributed by atoms with E-state index in [-0.39, 0.29) is 11.6 Å². The molecule has 1 aromatic heterocycles. The van der Waals surface area contributed by atoms with E-state index in [1.165, 1.54) is 48.4 Å². The number of rotatable bonds is 4. The summed E-state index contributed by atoms with van der Waals surface area (Å²) in [5.41, 5.74) is 1.37. The lowest BCUT2D eigenvalue weighted by atomic mass is 10.2. The zero-order chi connectivity index (χ0) is 14.1. The number of amides is 1. The molecule has 0 saturated heterocycles. The lowest BCUT2D eigenvalue weighted by Crippen LogP contribution is -2.11. The van der Waals surface area contributed by atoms with Gasteiger partial charge in [-0.1, -0.05) is 0 Å². The number of carbonyl (C=O) groups is 1. The first kappa shape index (κ1) is 12.7. The highest BCUT2D eigenvalue weighted by molar-refractivity contribution is 7.14. The lowest BCUT2D eigenvalue weighted by molar-refractivity contribution is -0.384. The number of thiazole rings is 1. The number of hydrogen-bond acceptors (Lipinski definition) is 5. The second kappa shape index (κ2) is 5.01. The number of aromatic nitrogens is 1. The maximum atomic E-state index is 12.0. The quantitative estimate of drug-likeness (QED) is 0.692. The number of nitro benzene ring substituents is 1. The van der Waals surface area contributed by atoms with E-state index < -0.39 is 4.92 Å². The first-order valence-corrected chi connectivity index (χ1v) is 7.02. The molecule has 6 nitrogen and oxygen atoms in total. The van der Waals surface area contributed by atoms with Crippen molar-refractivity contribution in [3.8, 4) is 0 Å². The Balaban J connectivity index is 1.69. The van der Waals surface area contributed by atoms with Crippen molar-refractivity contribution in [1.82, 2.24) is 4.98 Å². The molecule has 1 saturated carbocycles. The summed E-state index contributed by atoms with van der Waals surface area (Å²) in [5, 5.41) is 15.8. The first-order valence-electron chi connectivity index (χ1n) is 6.15. The van der Waals surface area contributed by atoms with Crippen molar-refractivity contribution in [3.05, 3.63) is 51.0 Å². The second-order valence-corrected chi connectivity index (χ2v) is 5.47. The molecule has 1 amide bonds. The van der Waals surface area contributed by atoms with Gasteiger partial charge in [0.15, 0.2) is 5.13 Å². The van der Waals surface area contributed by atoms with Crippen LogP contribution in [-0.2, 0) is 0 Å². The number of anilines is 1. The minimum Gasteiger partial charge on any atom is -0.298 e. The molecule has 20 heavy (non-hydrogen) atoms. The van der Waals surface area contributed by atoms with Crippen molar-refractivity contribution in [2.75, 3.05) is 5.32 Å². The van der Waals surface area contributed by atoms with Gasteiger partial charge in [0.1, 0.15) is 0 Å². The minimum absolute atomic E-state index is 0.0354. The summed E-state index contributed by atoms with van der Waals surface area (Å²) in [6, 6.07) is 5.49. The Bertz CT molecular complexity index is 662. The number of nitro groups is 1. The molecule has 0 bridgehead atoms. The summed E-state index contributed by atoms with van der Waals surface area (Å²) in [7, 11) is 0. The first-order chi connectivity index (χ1) is 9.63. The van der Waals surface area contributed by atoms with Crippen LogP contribution in [0.5, 0.6) is 0 Å². The predicted molar refractivity (Wildman–Crippen MR) is 75.1 cm³/mol. The molecule has 1 aromatic carbocycles. The Morgan fingerprint density at radius 1 is 1.35 bits per heavy atom. The Labute approximate surface area is 118 Å². The summed E-state index contributed by atoms with van der Waals surface area (Å²) in [4.78, 5) is 26.4. The molecule has 0 radical (unpaired) electrons. The highest BCUT2D eigenvalue weighted by atomic mass is 32.1. The van der Waals surface area contributed by atoms with E-state index in [1.807, 2.05) is 5.38 Å². The number of nitrogens with one attached hydrogen (secondary N) is 1. The number of benzene rings is 1. The third kappa shape index (κ3) is 2.67. The SMILES string of the molecule is O=C(Nc1nc(C2CC2)cs1)c1ccc([N+](=O)[O-])cc1. The van der Waals surface area contributed by atoms with Crippen LogP contribution in [-0.4, -0.2) is 15.8 Å². The molecule has 1 N–H and O–H groups in total. The highest BCUT2D eigenvalue weighted by Gasteiger charge is 2.26. The van der Waals surface area contributed by atoms with Crippen LogP contribution in [0.15, 0.2) is 29.6 Å². The second-order valence-electron chi connectivity index (χ2n) is 4.61. The van der Waals surface area contributed by atoms with Gasteiger partial charge in [0.25, 0.3) is 11.6 Å². The summed E-state index contributed by atoms with van der Waals surface area (Å²) in [5.74, 6) is 0.243. The third-order valence-corrected chi connectivity index (χ3v) is 3.85. The molecule has 7 heteroatoms. The average molecular weight is 289 g/mol. The van der Waals surface area contributed by atoms with Crippen molar-refractivity contribution in [2.45, 2.75) is 18.8 Å². The van der Waals surface area contributed by atoms with Gasteiger partial charge in [0, 0.05) is 29.0 Å². The van der Waals surface area contributed by atoms with Gasteiger partial charge in [0.05, 0.1) is 10.6 Å². The molecule has 3 rings (SSSR count). The van der Waals surface area contributed by atoms with Crippen LogP contribution in [0.1, 0.15) is 34.8 Å². The van der Waals surface area contributed by atoms with Crippen LogP contribution >= 0.6 is 11.3 Å². The van der Waals surface area contributed by atoms with Gasteiger partial charge in [0.2, 0.25) is 0 Å². The molecule has 1 fully saturated rings. The van der Waals surface area contributed by atoms with Crippen LogP contribution in [0.4, 0.5) is 10.8 Å². The third-order valence-electron chi connectivity index (χ3n) is 3.08. The number of carbonyl (C=O) groups excluding carboxylic acids is 1. The van der Waals surface area contributed by atoms with Crippen molar-refractivity contribution >= 4 is 28.1 Å². The Morgan fingerprint density at radius 3 is 2.65 bits per heavy atom. The van der Waals surface area contributed by atoms with Gasteiger partial charge in [-0.05, 0) is 25.0 Å². The van der Waals surface area contributed by atoms with E-state index in [4.69, 9.17) is 0 Å². The standard InChI is InChI=1S/C13H11N3O3S/c17-12(9-3-5-10(6-4-9)16(18)19)15-13-14-11(7-20-13)8-1-2-8/h3-8H,1-2H2,(H,14,15,17). The molecular weight excluding hydrogens is 278 g/mol. The van der Waals surface area contributed by atoms with E-state index >= 15 is 0 Å². The van der Waals surface area contributed by atoms with Crippen molar-refractivity contribution < 1.29 is 9.72 Å². The zero-order valence-corrected chi connectivity index (χ0v) is 11.2. The van der Waals surface area contributed by atoms with Crippen LogP contribution < -0.4 is 5.32 Å². The zero-order valence-electron chi connectivity index (χ0n) is 10.4. The van der Waals surface area contributed by atoms with E-state index in [2.05, 4.69) is 10.3 Å². The molecule has 2 aromatic rings. The summed E-state index contributed by atoms with van der Waals surface area (Å²) in [6.45, 7) is 0. The maximum Gasteiger partial charge on any atom is 0.269 e. The van der Waals surface area contributed by atoms with Gasteiger partial charge in [-0.2, -0.15) is 0 Å². The number of nitrogens with zero attached hydrogens (tertiary/aromatic N) is 2. The molecule has 102 valence electrons. The molecule has 1 heterocycles. The number of non-ortho nitro benzene ring substituents is 1. The minimum atomic E-state index is -0.496. The highest BCUT2D eigenvalue weighted by Crippen LogP contribution is 2.40. The van der Waals surface area contributed by atoms with Crippen LogP contribution in [0, 0.1) is 10.1 Å². The van der Waals surface area contributed by atoms with E-state index in [9.17, 15) is 14.9 Å². The average Bonchev–Trinajstić information content (AvgIpc) is 3.20. The predicted octanol–water partition coefficient (Wildman–Crippen LogP) is 3.18. The van der Waals surface area contributed by atoms with Crippen LogP contribution in [0.25, 0.3) is 0 Å². The van der Waals surface area contributed by atoms with Gasteiger partial charge >= 0.3 is 0 Å². The van der Waals surface area contributed by atoms with Gasteiger partial charge in [-0.15, -0.1) is 11.3 Å². The Hall–Kier alpha value is -2.28. The van der Waals surface area contributed by atoms with Crippen molar-refractivity contribution in [2.24, 2.45) is 0 Å². The molecule has 0 aliphatic heterocycles. The monoisotopic (exact) mass is 289 g/mol. The molecule has 1 aliphatic rings. The summed E-state index contributed by atoms with van der Waals surface area (Å²) >= 11 is 1.40. The van der Waals surface area contributed by atoms with Crippen molar-refractivity contribution in [1.29, 1.82) is 0 Å². The fraction of sp³-hybridized carbons (Fsp3) is 0.231. The fourth-order valence-corrected chi connectivity index (χ4v) is 2.60. The molecule has 0 spiro atoms. The van der Waals surface area contributed by atoms with E-state index in [0.29, 0.717) is 16.6 Å². The van der Waals surface area contributed by atoms with Crippen molar-refractivity contribution in [3.63, 3.8) is 0 Å². The fourth-order valence-electron chi connectivity index (χ4n) is 1.81. The van der Waals surface area contributed by atoms with E-state index in [0.717, 1.165) is 5.69 Å². The Morgan fingerprint density at radius 2 is 2.05 bits per heavy atom. The Kier molecular flexibility index (Phi) is 3.19. The molecule has 0 atom stereocenters. The van der Waals surface area contributed by atoms with Gasteiger partial charge in [-0.25, -0.2) is 4.98 Å². The summed E-state index contributed by atoms with van der Waals surface area (Å²) < 4.78 is 0. The molecular formula is C13H11N3O3S. The molecule has 0 unspecified atom stereocenters. The lowest BCUT2D eigenvalue weighted by Gasteiger charge is -2.01. The summed E-state index contributed by atoms with van der Waals surface area (Å²) in [6.07, 6.45) is 2.33. The topological polar surface area (TPSA) is 85.1 Å². The van der Waals surface area contributed by atoms with Gasteiger partial charge in [-0.3, -0.25) is 20.2 Å². The maximum absolute atomic E-state index is 12.0. The molecule has 1 aliphatic carbocycles.